The summed E-state index contributed by atoms with van der Waals surface area (Å²) >= 11 is 0. The normalized spacial score (nSPS) is 14.0. The van der Waals surface area contributed by atoms with Crippen LogP contribution >= 0.6 is 0 Å². The van der Waals surface area contributed by atoms with Gasteiger partial charge in [0.25, 0.3) is 11.8 Å². The first-order valence-electron chi connectivity index (χ1n) is 8.19. The molecule has 3 amide bonds. The topological polar surface area (TPSA) is 82.6 Å². The highest BCUT2D eigenvalue weighted by atomic mass is 19.1. The molecule has 0 atom stereocenters. The van der Waals surface area contributed by atoms with Crippen LogP contribution in [-0.2, 0) is 4.79 Å². The Balaban J connectivity index is 1.72. The summed E-state index contributed by atoms with van der Waals surface area (Å²) in [5, 5.41) is 2.30. The Morgan fingerprint density at radius 3 is 2.48 bits per heavy atom. The van der Waals surface area contributed by atoms with Gasteiger partial charge in [-0.15, -0.1) is 0 Å². The SMILES string of the molecule is O=CN1CCN(C(=O)c2ccnc(C(=O)Nc3ccc(F)cc3F)c2)CC1. The maximum atomic E-state index is 13.7. The van der Waals surface area contributed by atoms with Gasteiger partial charge in [0.15, 0.2) is 0 Å². The summed E-state index contributed by atoms with van der Waals surface area (Å²) < 4.78 is 26.6. The molecular weight excluding hydrogens is 358 g/mol. The third kappa shape index (κ3) is 4.25. The van der Waals surface area contributed by atoms with Gasteiger partial charge in [-0.05, 0) is 24.3 Å². The van der Waals surface area contributed by atoms with Crippen LogP contribution in [0.2, 0.25) is 0 Å². The van der Waals surface area contributed by atoms with E-state index in [1.54, 1.807) is 9.80 Å². The van der Waals surface area contributed by atoms with E-state index in [-0.39, 0.29) is 22.9 Å². The molecule has 0 spiro atoms. The van der Waals surface area contributed by atoms with Gasteiger partial charge in [-0.1, -0.05) is 0 Å². The van der Waals surface area contributed by atoms with Crippen molar-refractivity contribution >= 4 is 23.9 Å². The minimum absolute atomic E-state index is 0.0731. The van der Waals surface area contributed by atoms with Gasteiger partial charge in [0, 0.05) is 44.0 Å². The molecule has 27 heavy (non-hydrogen) atoms. The van der Waals surface area contributed by atoms with E-state index in [9.17, 15) is 23.2 Å². The number of nitrogens with zero attached hydrogens (tertiary/aromatic N) is 3. The van der Waals surface area contributed by atoms with E-state index in [1.165, 1.54) is 18.3 Å². The van der Waals surface area contributed by atoms with E-state index in [1.807, 2.05) is 0 Å². The van der Waals surface area contributed by atoms with Crippen LogP contribution < -0.4 is 5.32 Å². The Labute approximate surface area is 153 Å². The second kappa shape index (κ2) is 7.90. The molecule has 2 heterocycles. The highest BCUT2D eigenvalue weighted by Crippen LogP contribution is 2.16. The van der Waals surface area contributed by atoms with Crippen molar-refractivity contribution in [1.82, 2.24) is 14.8 Å². The summed E-state index contributed by atoms with van der Waals surface area (Å²) in [5.74, 6) is -2.68. The van der Waals surface area contributed by atoms with E-state index < -0.39 is 17.5 Å². The minimum Gasteiger partial charge on any atom is -0.342 e. The third-order valence-corrected chi connectivity index (χ3v) is 4.17. The lowest BCUT2D eigenvalue weighted by Crippen LogP contribution is -2.48. The molecule has 0 unspecified atom stereocenters. The zero-order chi connectivity index (χ0) is 19.4. The molecule has 1 fully saturated rings. The number of carbonyl (C=O) groups excluding carboxylic acids is 3. The second-order valence-corrected chi connectivity index (χ2v) is 5.94. The van der Waals surface area contributed by atoms with Crippen LogP contribution in [0.4, 0.5) is 14.5 Å². The first-order chi connectivity index (χ1) is 13.0. The van der Waals surface area contributed by atoms with Gasteiger partial charge in [0.2, 0.25) is 6.41 Å². The van der Waals surface area contributed by atoms with Crippen molar-refractivity contribution in [3.63, 3.8) is 0 Å². The van der Waals surface area contributed by atoms with Gasteiger partial charge in [0.05, 0.1) is 5.69 Å². The maximum Gasteiger partial charge on any atom is 0.274 e. The van der Waals surface area contributed by atoms with Gasteiger partial charge in [-0.25, -0.2) is 8.78 Å². The number of hydrogen-bond donors (Lipinski definition) is 1. The molecule has 7 nitrogen and oxygen atoms in total. The Kier molecular flexibility index (Phi) is 5.39. The van der Waals surface area contributed by atoms with Gasteiger partial charge < -0.3 is 15.1 Å². The second-order valence-electron chi connectivity index (χ2n) is 5.94. The van der Waals surface area contributed by atoms with E-state index in [4.69, 9.17) is 0 Å². The first-order valence-corrected chi connectivity index (χ1v) is 8.19. The molecule has 1 aliphatic heterocycles. The highest BCUT2D eigenvalue weighted by molar-refractivity contribution is 6.04. The quantitative estimate of drug-likeness (QED) is 0.823. The predicted molar refractivity (Wildman–Crippen MR) is 92.1 cm³/mol. The molecule has 1 aliphatic rings. The van der Waals surface area contributed by atoms with Gasteiger partial charge in [0.1, 0.15) is 17.3 Å². The van der Waals surface area contributed by atoms with Crippen LogP contribution in [0.5, 0.6) is 0 Å². The Hall–Kier alpha value is -3.36. The number of carbonyl (C=O) groups is 3. The van der Waals surface area contributed by atoms with Crippen molar-refractivity contribution in [2.24, 2.45) is 0 Å². The fourth-order valence-electron chi connectivity index (χ4n) is 2.68. The lowest BCUT2D eigenvalue weighted by Gasteiger charge is -2.32. The lowest BCUT2D eigenvalue weighted by molar-refractivity contribution is -0.119. The summed E-state index contributed by atoms with van der Waals surface area (Å²) in [6, 6.07) is 5.56. The molecule has 1 saturated heterocycles. The van der Waals surface area contributed by atoms with Crippen LogP contribution in [0.1, 0.15) is 20.8 Å². The fourth-order valence-corrected chi connectivity index (χ4v) is 2.68. The maximum absolute atomic E-state index is 13.7. The molecule has 2 aromatic rings. The Morgan fingerprint density at radius 2 is 1.81 bits per heavy atom. The van der Waals surface area contributed by atoms with Crippen molar-refractivity contribution in [3.8, 4) is 0 Å². The molecule has 1 aromatic carbocycles. The minimum atomic E-state index is -0.913. The molecule has 140 valence electrons. The largest absolute Gasteiger partial charge is 0.342 e. The number of halogens is 2. The average molecular weight is 374 g/mol. The molecular formula is C18H16F2N4O3. The standard InChI is InChI=1S/C18H16F2N4O3/c19-13-1-2-15(14(20)10-13)22-17(26)16-9-12(3-4-21-16)18(27)24-7-5-23(11-25)6-8-24/h1-4,9-11H,5-8H2,(H,22,26). The summed E-state index contributed by atoms with van der Waals surface area (Å²) in [4.78, 5) is 42.7. The van der Waals surface area contributed by atoms with Crippen molar-refractivity contribution < 1.29 is 23.2 Å². The van der Waals surface area contributed by atoms with Crippen LogP contribution in [0.15, 0.2) is 36.5 Å². The number of hydrogen-bond acceptors (Lipinski definition) is 4. The molecule has 0 bridgehead atoms. The lowest BCUT2D eigenvalue weighted by atomic mass is 10.1. The molecule has 3 rings (SSSR count). The van der Waals surface area contributed by atoms with E-state index in [0.717, 1.165) is 18.5 Å². The van der Waals surface area contributed by atoms with E-state index >= 15 is 0 Å². The number of amides is 3. The monoisotopic (exact) mass is 374 g/mol. The van der Waals surface area contributed by atoms with Crippen LogP contribution in [0.25, 0.3) is 0 Å². The number of rotatable bonds is 4. The summed E-state index contributed by atoms with van der Waals surface area (Å²) in [7, 11) is 0. The van der Waals surface area contributed by atoms with Crippen molar-refractivity contribution in [3.05, 3.63) is 59.4 Å². The summed E-state index contributed by atoms with van der Waals surface area (Å²) in [6.45, 7) is 1.67. The highest BCUT2D eigenvalue weighted by Gasteiger charge is 2.22. The number of pyridine rings is 1. The number of anilines is 1. The van der Waals surface area contributed by atoms with Crippen molar-refractivity contribution in [2.75, 3.05) is 31.5 Å². The number of nitrogens with one attached hydrogen (secondary N) is 1. The molecule has 1 N–H and O–H groups in total. The van der Waals surface area contributed by atoms with Crippen LogP contribution in [-0.4, -0.2) is 59.2 Å². The smallest absolute Gasteiger partial charge is 0.274 e. The first kappa shape index (κ1) is 18.4. The Morgan fingerprint density at radius 1 is 1.07 bits per heavy atom. The molecule has 0 radical (unpaired) electrons. The Bertz CT molecular complexity index is 883. The van der Waals surface area contributed by atoms with Crippen LogP contribution in [0, 0.1) is 11.6 Å². The molecule has 0 saturated carbocycles. The number of aromatic nitrogens is 1. The predicted octanol–water partition coefficient (Wildman–Crippen LogP) is 1.53. The van der Waals surface area contributed by atoms with Gasteiger partial charge in [-0.3, -0.25) is 19.4 Å². The van der Waals surface area contributed by atoms with E-state index in [0.29, 0.717) is 32.2 Å². The van der Waals surface area contributed by atoms with Gasteiger partial charge in [-0.2, -0.15) is 0 Å². The number of piperazine rings is 1. The van der Waals surface area contributed by atoms with Crippen LogP contribution in [0.3, 0.4) is 0 Å². The van der Waals surface area contributed by atoms with Crippen molar-refractivity contribution in [1.29, 1.82) is 0 Å². The molecule has 1 aromatic heterocycles. The third-order valence-electron chi connectivity index (χ3n) is 4.17. The molecule has 9 heteroatoms. The van der Waals surface area contributed by atoms with Crippen molar-refractivity contribution in [2.45, 2.75) is 0 Å². The number of benzene rings is 1. The zero-order valence-corrected chi connectivity index (χ0v) is 14.2. The van der Waals surface area contributed by atoms with E-state index in [2.05, 4.69) is 10.3 Å². The zero-order valence-electron chi connectivity index (χ0n) is 14.2. The molecule has 0 aliphatic carbocycles. The van der Waals surface area contributed by atoms with Gasteiger partial charge >= 0.3 is 0 Å². The summed E-state index contributed by atoms with van der Waals surface area (Å²) in [5.41, 5.74) is -0.00435. The summed E-state index contributed by atoms with van der Waals surface area (Å²) in [6.07, 6.45) is 2.05. The fraction of sp³-hybridized carbons (Fsp3) is 0.222. The average Bonchev–Trinajstić information content (AvgIpc) is 2.69.